The first-order valence-corrected chi connectivity index (χ1v) is 4.78. The third-order valence-electron chi connectivity index (χ3n) is 2.14. The lowest BCUT2D eigenvalue weighted by molar-refractivity contribution is -0.143. The average Bonchev–Trinajstić information content (AvgIpc) is 2.26. The Morgan fingerprint density at radius 3 is 2.42 bits per heavy atom. The van der Waals surface area contributed by atoms with Crippen LogP contribution in [0.1, 0.15) is 23.4 Å². The SMILES string of the molecule is COC(=O)Cc1nc(C(F)(F)F)cc(F)c1C(F)F. The molecule has 0 radical (unpaired) electrons. The quantitative estimate of drug-likeness (QED) is 0.634. The molecule has 0 amide bonds. The van der Waals surface area contributed by atoms with E-state index in [4.69, 9.17) is 0 Å². The summed E-state index contributed by atoms with van der Waals surface area (Å²) in [5.41, 5.74) is -4.01. The van der Waals surface area contributed by atoms with Gasteiger partial charge in [0.1, 0.15) is 11.5 Å². The molecule has 0 saturated heterocycles. The minimum Gasteiger partial charge on any atom is -0.469 e. The van der Waals surface area contributed by atoms with Gasteiger partial charge in [-0.05, 0) is 0 Å². The van der Waals surface area contributed by atoms with Crippen molar-refractivity contribution in [2.75, 3.05) is 7.11 Å². The third kappa shape index (κ3) is 3.58. The van der Waals surface area contributed by atoms with Crippen molar-refractivity contribution in [1.29, 1.82) is 0 Å². The summed E-state index contributed by atoms with van der Waals surface area (Å²) in [5.74, 6) is -2.87. The third-order valence-corrected chi connectivity index (χ3v) is 2.14. The Morgan fingerprint density at radius 1 is 1.42 bits per heavy atom. The Balaban J connectivity index is 3.37. The minimum atomic E-state index is -5.01. The fraction of sp³-hybridized carbons (Fsp3) is 0.400. The first-order valence-electron chi connectivity index (χ1n) is 4.78. The minimum absolute atomic E-state index is 0.137. The van der Waals surface area contributed by atoms with Crippen LogP contribution < -0.4 is 0 Å². The monoisotopic (exact) mass is 287 g/mol. The fourth-order valence-corrected chi connectivity index (χ4v) is 1.29. The zero-order valence-corrected chi connectivity index (χ0v) is 9.39. The van der Waals surface area contributed by atoms with Gasteiger partial charge in [0, 0.05) is 6.07 Å². The maximum Gasteiger partial charge on any atom is 0.433 e. The lowest BCUT2D eigenvalue weighted by Crippen LogP contribution is -2.16. The van der Waals surface area contributed by atoms with E-state index >= 15 is 0 Å². The number of halogens is 6. The molecule has 0 fully saturated rings. The van der Waals surface area contributed by atoms with Gasteiger partial charge in [-0.3, -0.25) is 4.79 Å². The van der Waals surface area contributed by atoms with Crippen molar-refractivity contribution in [3.05, 3.63) is 28.8 Å². The normalized spacial score (nSPS) is 11.8. The van der Waals surface area contributed by atoms with Crippen molar-refractivity contribution in [1.82, 2.24) is 4.98 Å². The molecule has 0 spiro atoms. The molecule has 0 aromatic carbocycles. The molecule has 9 heteroatoms. The number of carbonyl (C=O) groups is 1. The molecule has 106 valence electrons. The fourth-order valence-electron chi connectivity index (χ4n) is 1.29. The molecule has 1 aromatic heterocycles. The molecule has 0 N–H and O–H groups in total. The van der Waals surface area contributed by atoms with Crippen LogP contribution in [0.25, 0.3) is 0 Å². The standard InChI is InChI=1S/C10H7F6NO2/c1-19-7(18)3-5-8(9(12)13)4(11)2-6(17-5)10(14,15)16/h2,9H,3H2,1H3. The lowest BCUT2D eigenvalue weighted by Gasteiger charge is -2.12. The molecule has 1 aromatic rings. The van der Waals surface area contributed by atoms with E-state index in [1.165, 1.54) is 0 Å². The molecule has 0 bridgehead atoms. The Bertz CT molecular complexity index is 486. The van der Waals surface area contributed by atoms with Crippen molar-refractivity contribution in [2.24, 2.45) is 0 Å². The van der Waals surface area contributed by atoms with E-state index in [0.717, 1.165) is 7.11 Å². The van der Waals surface area contributed by atoms with Gasteiger partial charge in [0.15, 0.2) is 0 Å². The maximum atomic E-state index is 13.3. The molecule has 1 rings (SSSR count). The van der Waals surface area contributed by atoms with Gasteiger partial charge in [-0.25, -0.2) is 18.2 Å². The van der Waals surface area contributed by atoms with Gasteiger partial charge in [0.05, 0.1) is 24.8 Å². The average molecular weight is 287 g/mol. The second-order valence-corrected chi connectivity index (χ2v) is 3.40. The van der Waals surface area contributed by atoms with Crippen LogP contribution in [-0.4, -0.2) is 18.1 Å². The zero-order valence-electron chi connectivity index (χ0n) is 9.39. The summed E-state index contributed by atoms with van der Waals surface area (Å²) in [5, 5.41) is 0. The number of pyridine rings is 1. The number of aromatic nitrogens is 1. The second-order valence-electron chi connectivity index (χ2n) is 3.40. The van der Waals surface area contributed by atoms with Crippen molar-refractivity contribution in [3.8, 4) is 0 Å². The zero-order chi connectivity index (χ0) is 14.8. The Labute approximate surface area is 103 Å². The lowest BCUT2D eigenvalue weighted by atomic mass is 10.1. The molecule has 0 aliphatic carbocycles. The van der Waals surface area contributed by atoms with E-state index < -0.39 is 47.8 Å². The molecule has 0 saturated carbocycles. The van der Waals surface area contributed by atoms with Gasteiger partial charge in [-0.1, -0.05) is 0 Å². The Hall–Kier alpha value is -1.80. The Morgan fingerprint density at radius 2 is 2.00 bits per heavy atom. The first kappa shape index (κ1) is 15.3. The summed E-state index contributed by atoms with van der Waals surface area (Å²) in [6, 6.07) is -0.137. The van der Waals surface area contributed by atoms with Crippen LogP contribution in [0.3, 0.4) is 0 Å². The van der Waals surface area contributed by atoms with E-state index in [-0.39, 0.29) is 6.07 Å². The van der Waals surface area contributed by atoms with E-state index in [1.807, 2.05) is 0 Å². The van der Waals surface area contributed by atoms with Crippen LogP contribution in [-0.2, 0) is 22.1 Å². The van der Waals surface area contributed by atoms with Crippen LogP contribution in [0.5, 0.6) is 0 Å². The van der Waals surface area contributed by atoms with Gasteiger partial charge in [-0.15, -0.1) is 0 Å². The molecular weight excluding hydrogens is 280 g/mol. The van der Waals surface area contributed by atoms with Crippen molar-refractivity contribution < 1.29 is 35.9 Å². The number of esters is 1. The molecule has 0 aliphatic heterocycles. The van der Waals surface area contributed by atoms with Crippen LogP contribution in [0.4, 0.5) is 26.3 Å². The number of alkyl halides is 5. The molecule has 19 heavy (non-hydrogen) atoms. The predicted octanol–water partition coefficient (Wildman–Crippen LogP) is 2.89. The van der Waals surface area contributed by atoms with Gasteiger partial charge >= 0.3 is 12.1 Å². The van der Waals surface area contributed by atoms with Crippen LogP contribution in [0.2, 0.25) is 0 Å². The van der Waals surface area contributed by atoms with Crippen LogP contribution >= 0.6 is 0 Å². The highest BCUT2D eigenvalue weighted by Crippen LogP contribution is 2.32. The number of rotatable bonds is 3. The van der Waals surface area contributed by atoms with Crippen LogP contribution in [0.15, 0.2) is 6.07 Å². The summed E-state index contributed by atoms with van der Waals surface area (Å²) in [7, 11) is 0.911. The highest BCUT2D eigenvalue weighted by molar-refractivity contribution is 5.72. The number of carbonyl (C=O) groups excluding carboxylic acids is 1. The molecule has 0 atom stereocenters. The van der Waals surface area contributed by atoms with Crippen molar-refractivity contribution >= 4 is 5.97 Å². The summed E-state index contributed by atoms with van der Waals surface area (Å²) in [6.45, 7) is 0. The molecule has 0 unspecified atom stereocenters. The summed E-state index contributed by atoms with van der Waals surface area (Å²) in [4.78, 5) is 13.8. The number of methoxy groups -OCH3 is 1. The van der Waals surface area contributed by atoms with E-state index in [9.17, 15) is 31.1 Å². The number of ether oxygens (including phenoxy) is 1. The van der Waals surface area contributed by atoms with Crippen molar-refractivity contribution in [3.63, 3.8) is 0 Å². The van der Waals surface area contributed by atoms with E-state index in [1.54, 1.807) is 0 Å². The molecule has 0 aliphatic rings. The first-order chi connectivity index (χ1) is 8.66. The summed E-state index contributed by atoms with van der Waals surface area (Å²) >= 11 is 0. The van der Waals surface area contributed by atoms with Crippen molar-refractivity contribution in [2.45, 2.75) is 19.0 Å². The topological polar surface area (TPSA) is 39.2 Å². The second kappa shape index (κ2) is 5.45. The maximum absolute atomic E-state index is 13.3. The van der Waals surface area contributed by atoms with Gasteiger partial charge in [0.2, 0.25) is 0 Å². The van der Waals surface area contributed by atoms with E-state index in [2.05, 4.69) is 9.72 Å². The Kier molecular flexibility index (Phi) is 4.38. The van der Waals surface area contributed by atoms with Crippen LogP contribution in [0, 0.1) is 5.82 Å². The largest absolute Gasteiger partial charge is 0.469 e. The van der Waals surface area contributed by atoms with Gasteiger partial charge in [-0.2, -0.15) is 13.2 Å². The summed E-state index contributed by atoms with van der Waals surface area (Å²) < 4.78 is 79.6. The summed E-state index contributed by atoms with van der Waals surface area (Å²) in [6.07, 6.45) is -9.38. The van der Waals surface area contributed by atoms with E-state index in [0.29, 0.717) is 0 Å². The van der Waals surface area contributed by atoms with Gasteiger partial charge < -0.3 is 4.74 Å². The molecule has 3 nitrogen and oxygen atoms in total. The highest BCUT2D eigenvalue weighted by Gasteiger charge is 2.35. The highest BCUT2D eigenvalue weighted by atomic mass is 19.4. The smallest absolute Gasteiger partial charge is 0.433 e. The number of nitrogens with zero attached hydrogens (tertiary/aromatic N) is 1. The number of hydrogen-bond acceptors (Lipinski definition) is 3. The van der Waals surface area contributed by atoms with Gasteiger partial charge in [0.25, 0.3) is 6.43 Å². The predicted molar refractivity (Wildman–Crippen MR) is 49.9 cm³/mol. The molecular formula is C10H7F6NO2. The number of hydrogen-bond donors (Lipinski definition) is 0. The molecule has 1 heterocycles.